The van der Waals surface area contributed by atoms with Gasteiger partial charge in [0.2, 0.25) is 0 Å². The number of nitrogens with zero attached hydrogens (tertiary/aromatic N) is 2. The number of hydrogen-bond acceptors (Lipinski definition) is 4. The van der Waals surface area contributed by atoms with Gasteiger partial charge in [-0.15, -0.1) is 0 Å². The summed E-state index contributed by atoms with van der Waals surface area (Å²) < 4.78 is 30.9. The van der Waals surface area contributed by atoms with E-state index in [9.17, 15) is 8.42 Å². The fraction of sp³-hybridized carbons (Fsp3) is 0.250. The predicted molar refractivity (Wildman–Crippen MR) is 71.9 cm³/mol. The standard InChI is InChI=1S/C12H15N3O3S/c1-9-13-8-12(14-9)19(16,17)15(2)10-4-6-11(18-3)7-5-10/h4-8H,1-3H3,(H,13,14). The molecule has 0 aliphatic carbocycles. The first-order valence-electron chi connectivity index (χ1n) is 5.60. The maximum absolute atomic E-state index is 12.3. The normalized spacial score (nSPS) is 11.3. The molecule has 102 valence electrons. The van der Waals surface area contributed by atoms with Crippen LogP contribution >= 0.6 is 0 Å². The summed E-state index contributed by atoms with van der Waals surface area (Å²) in [5.41, 5.74) is 0.549. The lowest BCUT2D eigenvalue weighted by Crippen LogP contribution is -2.26. The molecule has 0 amide bonds. The first-order chi connectivity index (χ1) is 8.95. The Bertz CT molecular complexity index is 662. The number of aromatic amines is 1. The Hall–Kier alpha value is -2.02. The van der Waals surface area contributed by atoms with Crippen LogP contribution in [0.3, 0.4) is 0 Å². The van der Waals surface area contributed by atoms with Gasteiger partial charge in [-0.1, -0.05) is 0 Å². The molecule has 2 aromatic rings. The van der Waals surface area contributed by atoms with Crippen molar-refractivity contribution < 1.29 is 13.2 Å². The SMILES string of the molecule is COc1ccc(N(C)S(=O)(=O)c2cnc(C)[nH]2)cc1. The van der Waals surface area contributed by atoms with E-state index in [0.29, 0.717) is 17.3 Å². The number of aryl methyl sites for hydroxylation is 1. The lowest BCUT2D eigenvalue weighted by molar-refractivity contribution is 0.415. The molecule has 0 bridgehead atoms. The van der Waals surface area contributed by atoms with Crippen molar-refractivity contribution in [3.05, 3.63) is 36.3 Å². The molecule has 2 rings (SSSR count). The highest BCUT2D eigenvalue weighted by Crippen LogP contribution is 2.23. The van der Waals surface area contributed by atoms with Crippen molar-refractivity contribution >= 4 is 15.7 Å². The number of imidazole rings is 1. The third-order valence-corrected chi connectivity index (χ3v) is 4.45. The number of nitrogens with one attached hydrogen (secondary N) is 1. The van der Waals surface area contributed by atoms with Crippen molar-refractivity contribution in [2.24, 2.45) is 0 Å². The van der Waals surface area contributed by atoms with E-state index in [-0.39, 0.29) is 5.03 Å². The van der Waals surface area contributed by atoms with Crippen LogP contribution < -0.4 is 9.04 Å². The molecule has 0 saturated carbocycles. The monoisotopic (exact) mass is 281 g/mol. The number of methoxy groups -OCH3 is 1. The number of benzene rings is 1. The van der Waals surface area contributed by atoms with E-state index in [4.69, 9.17) is 4.74 Å². The largest absolute Gasteiger partial charge is 0.497 e. The van der Waals surface area contributed by atoms with Crippen LogP contribution in [0.1, 0.15) is 5.82 Å². The lowest BCUT2D eigenvalue weighted by Gasteiger charge is -2.18. The number of H-pyrrole nitrogens is 1. The van der Waals surface area contributed by atoms with E-state index < -0.39 is 10.0 Å². The Morgan fingerprint density at radius 2 is 1.89 bits per heavy atom. The molecular formula is C12H15N3O3S. The van der Waals surface area contributed by atoms with Crippen LogP contribution in [-0.4, -0.2) is 32.5 Å². The molecular weight excluding hydrogens is 266 g/mol. The predicted octanol–water partition coefficient (Wildman–Crippen LogP) is 1.55. The third-order valence-electron chi connectivity index (χ3n) is 2.75. The maximum Gasteiger partial charge on any atom is 0.281 e. The molecule has 0 fully saturated rings. The van der Waals surface area contributed by atoms with Crippen molar-refractivity contribution in [3.63, 3.8) is 0 Å². The summed E-state index contributed by atoms with van der Waals surface area (Å²) in [7, 11) is -0.565. The zero-order chi connectivity index (χ0) is 14.0. The van der Waals surface area contributed by atoms with Crippen LogP contribution in [-0.2, 0) is 10.0 Å². The molecule has 7 heteroatoms. The number of ether oxygens (including phenoxy) is 1. The second kappa shape index (κ2) is 4.93. The smallest absolute Gasteiger partial charge is 0.281 e. The van der Waals surface area contributed by atoms with Crippen LogP contribution in [0.2, 0.25) is 0 Å². The van der Waals surface area contributed by atoms with Crippen LogP contribution in [0.25, 0.3) is 0 Å². The average Bonchev–Trinajstić information content (AvgIpc) is 2.85. The Balaban J connectivity index is 2.34. The summed E-state index contributed by atoms with van der Waals surface area (Å²) in [6, 6.07) is 6.78. The Kier molecular flexibility index (Phi) is 3.48. The van der Waals surface area contributed by atoms with E-state index >= 15 is 0 Å². The fourth-order valence-corrected chi connectivity index (χ4v) is 2.76. The first-order valence-corrected chi connectivity index (χ1v) is 7.04. The number of anilines is 1. The molecule has 1 heterocycles. The summed E-state index contributed by atoms with van der Waals surface area (Å²) in [6.07, 6.45) is 1.31. The minimum absolute atomic E-state index is 0.0725. The average molecular weight is 281 g/mol. The molecule has 6 nitrogen and oxygen atoms in total. The van der Waals surface area contributed by atoms with E-state index in [1.807, 2.05) is 0 Å². The second-order valence-corrected chi connectivity index (χ2v) is 5.94. The Morgan fingerprint density at radius 1 is 1.26 bits per heavy atom. The van der Waals surface area contributed by atoms with Crippen molar-refractivity contribution in [3.8, 4) is 5.75 Å². The summed E-state index contributed by atoms with van der Waals surface area (Å²) in [5, 5.41) is 0.0725. The summed E-state index contributed by atoms with van der Waals surface area (Å²) in [5.74, 6) is 1.23. The zero-order valence-corrected chi connectivity index (χ0v) is 11.7. The number of aromatic nitrogens is 2. The first kappa shape index (κ1) is 13.4. The van der Waals surface area contributed by atoms with Gasteiger partial charge in [0.15, 0.2) is 5.03 Å². The van der Waals surface area contributed by atoms with Crippen molar-refractivity contribution in [1.82, 2.24) is 9.97 Å². The molecule has 0 atom stereocenters. The highest BCUT2D eigenvalue weighted by Gasteiger charge is 2.23. The van der Waals surface area contributed by atoms with Crippen LogP contribution in [0.4, 0.5) is 5.69 Å². The van der Waals surface area contributed by atoms with Gasteiger partial charge in [-0.25, -0.2) is 4.98 Å². The summed E-state index contributed by atoms with van der Waals surface area (Å²) in [6.45, 7) is 1.70. The molecule has 0 unspecified atom stereocenters. The molecule has 1 aromatic heterocycles. The van der Waals surface area contributed by atoms with Gasteiger partial charge in [-0.2, -0.15) is 8.42 Å². The van der Waals surface area contributed by atoms with E-state index in [0.717, 1.165) is 0 Å². The molecule has 0 spiro atoms. The van der Waals surface area contributed by atoms with Crippen molar-refractivity contribution in [1.29, 1.82) is 0 Å². The Morgan fingerprint density at radius 3 is 2.37 bits per heavy atom. The summed E-state index contributed by atoms with van der Waals surface area (Å²) >= 11 is 0. The van der Waals surface area contributed by atoms with E-state index in [1.54, 1.807) is 38.3 Å². The molecule has 19 heavy (non-hydrogen) atoms. The highest BCUT2D eigenvalue weighted by atomic mass is 32.2. The molecule has 1 aromatic carbocycles. The van der Waals surface area contributed by atoms with Crippen molar-refractivity contribution in [2.45, 2.75) is 11.9 Å². The van der Waals surface area contributed by atoms with Gasteiger partial charge < -0.3 is 9.72 Å². The fourth-order valence-electron chi connectivity index (χ4n) is 1.61. The van der Waals surface area contributed by atoms with Crippen LogP contribution in [0.5, 0.6) is 5.75 Å². The highest BCUT2D eigenvalue weighted by molar-refractivity contribution is 7.92. The Labute approximate surface area is 112 Å². The van der Waals surface area contributed by atoms with E-state index in [1.165, 1.54) is 17.5 Å². The number of hydrogen-bond donors (Lipinski definition) is 1. The van der Waals surface area contributed by atoms with Gasteiger partial charge in [0.1, 0.15) is 11.6 Å². The third kappa shape index (κ3) is 2.55. The van der Waals surface area contributed by atoms with Gasteiger partial charge in [0, 0.05) is 7.05 Å². The minimum atomic E-state index is -3.62. The number of rotatable bonds is 4. The van der Waals surface area contributed by atoms with Gasteiger partial charge in [-0.3, -0.25) is 4.31 Å². The van der Waals surface area contributed by atoms with Gasteiger partial charge in [0.25, 0.3) is 10.0 Å². The number of sulfonamides is 1. The van der Waals surface area contributed by atoms with Gasteiger partial charge in [-0.05, 0) is 31.2 Å². The lowest BCUT2D eigenvalue weighted by atomic mass is 10.3. The molecule has 0 saturated heterocycles. The molecule has 0 aliphatic heterocycles. The molecule has 0 radical (unpaired) electrons. The quantitative estimate of drug-likeness (QED) is 0.922. The van der Waals surface area contributed by atoms with Crippen LogP contribution in [0, 0.1) is 6.92 Å². The van der Waals surface area contributed by atoms with Gasteiger partial charge >= 0.3 is 0 Å². The van der Waals surface area contributed by atoms with Crippen molar-refractivity contribution in [2.75, 3.05) is 18.5 Å². The minimum Gasteiger partial charge on any atom is -0.497 e. The van der Waals surface area contributed by atoms with Crippen LogP contribution in [0.15, 0.2) is 35.5 Å². The topological polar surface area (TPSA) is 75.3 Å². The maximum atomic E-state index is 12.3. The second-order valence-electron chi connectivity index (χ2n) is 4.00. The zero-order valence-electron chi connectivity index (χ0n) is 10.9. The summed E-state index contributed by atoms with van der Waals surface area (Å²) in [4.78, 5) is 6.63. The van der Waals surface area contributed by atoms with E-state index in [2.05, 4.69) is 9.97 Å². The molecule has 1 N–H and O–H groups in total. The van der Waals surface area contributed by atoms with Gasteiger partial charge in [0.05, 0.1) is 19.0 Å². The molecule has 0 aliphatic rings.